The van der Waals surface area contributed by atoms with E-state index in [1.54, 1.807) is 11.6 Å². The summed E-state index contributed by atoms with van der Waals surface area (Å²) >= 11 is 0. The lowest BCUT2D eigenvalue weighted by Crippen LogP contribution is -2.13. The SMILES string of the molecule is C=C(C)C(=O)Nc1nc(CC)n(-c2ccccc2)n1. The van der Waals surface area contributed by atoms with Gasteiger partial charge in [-0.3, -0.25) is 10.1 Å². The first-order chi connectivity index (χ1) is 9.11. The van der Waals surface area contributed by atoms with E-state index in [9.17, 15) is 4.79 Å². The molecule has 0 spiro atoms. The van der Waals surface area contributed by atoms with E-state index in [1.165, 1.54) is 0 Å². The van der Waals surface area contributed by atoms with Crippen LogP contribution in [0, 0.1) is 0 Å². The monoisotopic (exact) mass is 256 g/mol. The highest BCUT2D eigenvalue weighted by Crippen LogP contribution is 2.12. The fourth-order valence-electron chi connectivity index (χ4n) is 1.61. The Bertz CT molecular complexity index is 601. The van der Waals surface area contributed by atoms with Crippen molar-refractivity contribution in [3.63, 3.8) is 0 Å². The van der Waals surface area contributed by atoms with E-state index in [1.807, 2.05) is 37.3 Å². The van der Waals surface area contributed by atoms with Crippen molar-refractivity contribution in [2.24, 2.45) is 0 Å². The second kappa shape index (κ2) is 5.48. The van der Waals surface area contributed by atoms with Gasteiger partial charge in [0.2, 0.25) is 5.95 Å². The first-order valence-corrected chi connectivity index (χ1v) is 6.10. The van der Waals surface area contributed by atoms with E-state index in [2.05, 4.69) is 22.0 Å². The van der Waals surface area contributed by atoms with E-state index in [4.69, 9.17) is 0 Å². The van der Waals surface area contributed by atoms with Crippen molar-refractivity contribution in [3.05, 3.63) is 48.3 Å². The highest BCUT2D eigenvalue weighted by Gasteiger charge is 2.12. The number of aryl methyl sites for hydroxylation is 1. The van der Waals surface area contributed by atoms with Crippen LogP contribution in [0.5, 0.6) is 0 Å². The molecule has 1 aromatic carbocycles. The third kappa shape index (κ3) is 2.88. The van der Waals surface area contributed by atoms with E-state index in [0.717, 1.165) is 17.9 Å². The van der Waals surface area contributed by atoms with E-state index >= 15 is 0 Å². The van der Waals surface area contributed by atoms with Crippen molar-refractivity contribution < 1.29 is 4.79 Å². The van der Waals surface area contributed by atoms with Crippen LogP contribution in [0.2, 0.25) is 0 Å². The van der Waals surface area contributed by atoms with Gasteiger partial charge in [0.15, 0.2) is 0 Å². The van der Waals surface area contributed by atoms with E-state index in [0.29, 0.717) is 11.5 Å². The molecular weight excluding hydrogens is 240 g/mol. The molecule has 0 saturated heterocycles. The number of nitrogens with one attached hydrogen (secondary N) is 1. The Kier molecular flexibility index (Phi) is 3.75. The number of carbonyl (C=O) groups is 1. The van der Waals surface area contributed by atoms with Crippen LogP contribution in [0.25, 0.3) is 5.69 Å². The number of benzene rings is 1. The van der Waals surface area contributed by atoms with E-state index < -0.39 is 0 Å². The fourth-order valence-corrected chi connectivity index (χ4v) is 1.61. The second-order valence-electron chi connectivity index (χ2n) is 4.19. The van der Waals surface area contributed by atoms with Crippen molar-refractivity contribution in [1.82, 2.24) is 14.8 Å². The summed E-state index contributed by atoms with van der Waals surface area (Å²) in [5, 5.41) is 6.93. The lowest BCUT2D eigenvalue weighted by molar-refractivity contribution is -0.112. The minimum Gasteiger partial charge on any atom is -0.289 e. The summed E-state index contributed by atoms with van der Waals surface area (Å²) in [6, 6.07) is 9.69. The molecule has 1 aromatic heterocycles. The van der Waals surface area contributed by atoms with Gasteiger partial charge in [-0.25, -0.2) is 4.68 Å². The Morgan fingerprint density at radius 3 is 2.63 bits per heavy atom. The van der Waals surface area contributed by atoms with Crippen molar-refractivity contribution in [2.45, 2.75) is 20.3 Å². The number of nitrogens with zero attached hydrogens (tertiary/aromatic N) is 3. The number of anilines is 1. The quantitative estimate of drug-likeness (QED) is 0.854. The van der Waals surface area contributed by atoms with Gasteiger partial charge in [-0.2, -0.15) is 4.98 Å². The van der Waals surface area contributed by atoms with Crippen LogP contribution in [0.15, 0.2) is 42.5 Å². The molecule has 0 fully saturated rings. The zero-order valence-electron chi connectivity index (χ0n) is 11.1. The highest BCUT2D eigenvalue weighted by atomic mass is 16.1. The molecule has 5 nitrogen and oxygen atoms in total. The molecule has 19 heavy (non-hydrogen) atoms. The van der Waals surface area contributed by atoms with Crippen LogP contribution >= 0.6 is 0 Å². The topological polar surface area (TPSA) is 59.8 Å². The molecule has 98 valence electrons. The largest absolute Gasteiger partial charge is 0.289 e. The molecule has 0 aliphatic carbocycles. The summed E-state index contributed by atoms with van der Waals surface area (Å²) in [6.07, 6.45) is 0.727. The second-order valence-corrected chi connectivity index (χ2v) is 4.19. The first-order valence-electron chi connectivity index (χ1n) is 6.10. The predicted octanol–water partition coefficient (Wildman–Crippen LogP) is 2.34. The molecule has 5 heteroatoms. The van der Waals surface area contributed by atoms with Crippen LogP contribution < -0.4 is 5.32 Å². The molecule has 1 amide bonds. The van der Waals surface area contributed by atoms with Gasteiger partial charge in [0.25, 0.3) is 5.91 Å². The third-order valence-corrected chi connectivity index (χ3v) is 2.60. The molecule has 0 atom stereocenters. The summed E-state index contributed by atoms with van der Waals surface area (Å²) in [4.78, 5) is 15.9. The number of carbonyl (C=O) groups excluding carboxylic acids is 1. The summed E-state index contributed by atoms with van der Waals surface area (Å²) in [6.45, 7) is 7.22. The summed E-state index contributed by atoms with van der Waals surface area (Å²) in [7, 11) is 0. The van der Waals surface area contributed by atoms with Gasteiger partial charge >= 0.3 is 0 Å². The molecule has 1 heterocycles. The Balaban J connectivity index is 2.33. The molecule has 0 aliphatic rings. The van der Waals surface area contributed by atoms with Gasteiger partial charge in [-0.05, 0) is 19.1 Å². The minimum absolute atomic E-state index is 0.270. The van der Waals surface area contributed by atoms with Gasteiger partial charge in [0.1, 0.15) is 5.82 Å². The fraction of sp³-hybridized carbons (Fsp3) is 0.214. The third-order valence-electron chi connectivity index (χ3n) is 2.60. The van der Waals surface area contributed by atoms with Crippen LogP contribution in [0.3, 0.4) is 0 Å². The minimum atomic E-state index is -0.270. The molecule has 2 rings (SSSR count). The molecule has 0 aliphatic heterocycles. The average Bonchev–Trinajstić information content (AvgIpc) is 2.82. The molecule has 2 aromatic rings. The van der Waals surface area contributed by atoms with Crippen molar-refractivity contribution in [3.8, 4) is 5.69 Å². The molecule has 0 saturated carbocycles. The molecule has 0 radical (unpaired) electrons. The number of hydrogen-bond donors (Lipinski definition) is 1. The maximum Gasteiger partial charge on any atom is 0.253 e. The molecule has 0 bridgehead atoms. The lowest BCUT2D eigenvalue weighted by Gasteiger charge is -2.02. The van der Waals surface area contributed by atoms with Crippen LogP contribution in [-0.4, -0.2) is 20.7 Å². The summed E-state index contributed by atoms with van der Waals surface area (Å²) in [5.74, 6) is 0.824. The highest BCUT2D eigenvalue weighted by molar-refractivity contribution is 6.01. The summed E-state index contributed by atoms with van der Waals surface area (Å²) < 4.78 is 1.73. The smallest absolute Gasteiger partial charge is 0.253 e. The van der Waals surface area contributed by atoms with E-state index in [-0.39, 0.29) is 5.91 Å². The summed E-state index contributed by atoms with van der Waals surface area (Å²) in [5.41, 5.74) is 1.34. The predicted molar refractivity (Wildman–Crippen MR) is 74.2 cm³/mol. The number of amides is 1. The van der Waals surface area contributed by atoms with Gasteiger partial charge in [0.05, 0.1) is 5.69 Å². The van der Waals surface area contributed by atoms with Crippen molar-refractivity contribution in [2.75, 3.05) is 5.32 Å². The lowest BCUT2D eigenvalue weighted by atomic mass is 10.3. The van der Waals surface area contributed by atoms with Crippen molar-refractivity contribution in [1.29, 1.82) is 0 Å². The van der Waals surface area contributed by atoms with Crippen LogP contribution in [-0.2, 0) is 11.2 Å². The van der Waals surface area contributed by atoms with Crippen LogP contribution in [0.4, 0.5) is 5.95 Å². The van der Waals surface area contributed by atoms with Gasteiger partial charge < -0.3 is 0 Å². The maximum absolute atomic E-state index is 11.6. The standard InChI is InChI=1S/C14H16N4O/c1-4-12-15-14(16-13(19)10(2)3)17-18(12)11-8-6-5-7-9-11/h5-9H,2,4H2,1,3H3,(H,16,17,19). The van der Waals surface area contributed by atoms with Gasteiger partial charge in [0, 0.05) is 12.0 Å². The van der Waals surface area contributed by atoms with Crippen molar-refractivity contribution >= 4 is 11.9 Å². The average molecular weight is 256 g/mol. The number of para-hydroxylation sites is 1. The zero-order valence-corrected chi connectivity index (χ0v) is 11.1. The Hall–Kier alpha value is -2.43. The molecular formula is C14H16N4O. The normalized spacial score (nSPS) is 10.2. The molecule has 0 unspecified atom stereocenters. The maximum atomic E-state index is 11.6. The number of hydrogen-bond acceptors (Lipinski definition) is 3. The van der Waals surface area contributed by atoms with Gasteiger partial charge in [-0.15, -0.1) is 5.10 Å². The van der Waals surface area contributed by atoms with Gasteiger partial charge in [-0.1, -0.05) is 31.7 Å². The number of aromatic nitrogens is 3. The first kappa shape index (κ1) is 13.0. The zero-order chi connectivity index (χ0) is 13.8. The Morgan fingerprint density at radius 1 is 1.37 bits per heavy atom. The Morgan fingerprint density at radius 2 is 2.05 bits per heavy atom. The Labute approximate surface area is 112 Å². The number of rotatable bonds is 4. The van der Waals surface area contributed by atoms with Crippen LogP contribution in [0.1, 0.15) is 19.7 Å². The molecule has 1 N–H and O–H groups in total.